The number of nitrogens with one attached hydrogen (secondary N) is 3. The lowest BCUT2D eigenvalue weighted by Gasteiger charge is -2.35. The molecule has 4 aliphatic carbocycles. The Balaban J connectivity index is 1.17. The molecule has 62 heavy (non-hydrogen) atoms. The van der Waals surface area contributed by atoms with Gasteiger partial charge in [-0.05, 0) is 93.1 Å². The molecular formula is C44H62F2N6O9S. The smallest absolute Gasteiger partial charge is 0.405 e. The summed E-state index contributed by atoms with van der Waals surface area (Å²) < 4.78 is 68.3. The Hall–Kier alpha value is -4.35. The number of carboxylic acid groups (broad SMARTS) is 1. The van der Waals surface area contributed by atoms with Gasteiger partial charge in [-0.1, -0.05) is 59.8 Å². The van der Waals surface area contributed by atoms with Gasteiger partial charge in [-0.2, -0.15) is 0 Å². The van der Waals surface area contributed by atoms with Crippen LogP contribution in [-0.4, -0.2) is 101 Å². The number of aryl methyl sites for hydroxylation is 1. The zero-order chi connectivity index (χ0) is 44.7. The SMILES string of the molecule is CCC1C(Oc2nc3cc(OC)ccc3nc2CCCCCC2CCC3CCCC23)CN(C(=O)C(NC(=O)O)C(C)(C)C)C1C(=O)NC1(C(=O)NS(=O)(=O)C2CC2)CC1C(F)F. The average molecular weight is 889 g/mol. The number of fused-ring (bicyclic) bond motifs is 2. The van der Waals surface area contributed by atoms with E-state index >= 15 is 0 Å². The number of carbonyl (C=O) groups is 4. The van der Waals surface area contributed by atoms with Crippen molar-refractivity contribution in [3.63, 3.8) is 0 Å². The molecule has 1 saturated heterocycles. The van der Waals surface area contributed by atoms with Crippen LogP contribution < -0.4 is 24.8 Å². The Bertz CT molecular complexity index is 2130. The topological polar surface area (TPSA) is 206 Å². The average Bonchev–Trinajstić information content (AvgIpc) is 4.07. The van der Waals surface area contributed by atoms with Crippen LogP contribution in [0, 0.1) is 35.0 Å². The van der Waals surface area contributed by atoms with Crippen LogP contribution in [0.3, 0.4) is 0 Å². The van der Waals surface area contributed by atoms with Gasteiger partial charge >= 0.3 is 6.09 Å². The number of benzene rings is 1. The Labute approximate surface area is 362 Å². The number of methoxy groups -OCH3 is 1. The minimum atomic E-state index is -4.16. The zero-order valence-electron chi connectivity index (χ0n) is 36.3. The predicted molar refractivity (Wildman–Crippen MR) is 225 cm³/mol. The van der Waals surface area contributed by atoms with Crippen molar-refractivity contribution in [3.8, 4) is 11.6 Å². The quantitative estimate of drug-likeness (QED) is 0.128. The molecule has 1 aromatic carbocycles. The number of likely N-dealkylation sites (tertiary alicyclic amines) is 1. The second kappa shape index (κ2) is 18.0. The van der Waals surface area contributed by atoms with E-state index in [4.69, 9.17) is 19.4 Å². The normalized spacial score (nSPS) is 28.7. The van der Waals surface area contributed by atoms with E-state index in [1.807, 2.05) is 10.8 Å². The second-order valence-electron chi connectivity index (χ2n) is 19.3. The van der Waals surface area contributed by atoms with Crippen LogP contribution in [0.25, 0.3) is 11.0 Å². The molecule has 2 aromatic rings. The maximum atomic E-state index is 14.6. The number of hydrogen-bond acceptors (Lipinski definition) is 10. The number of amides is 4. The van der Waals surface area contributed by atoms with Gasteiger partial charge in [0.05, 0.1) is 35.9 Å². The van der Waals surface area contributed by atoms with E-state index in [0.29, 0.717) is 41.7 Å². The van der Waals surface area contributed by atoms with Gasteiger partial charge in [0.1, 0.15) is 35.2 Å². The monoisotopic (exact) mass is 888 g/mol. The summed E-state index contributed by atoms with van der Waals surface area (Å²) in [5.41, 5.74) is -1.54. The molecule has 0 bridgehead atoms. The first kappa shape index (κ1) is 45.7. The largest absolute Gasteiger partial charge is 0.497 e. The second-order valence-corrected chi connectivity index (χ2v) is 21.3. The van der Waals surface area contributed by atoms with Gasteiger partial charge in [0, 0.05) is 12.0 Å². The molecule has 15 nitrogen and oxygen atoms in total. The molecule has 342 valence electrons. The molecule has 7 rings (SSSR count). The number of nitrogens with zero attached hydrogens (tertiary/aromatic N) is 3. The van der Waals surface area contributed by atoms with Gasteiger partial charge in [0.2, 0.25) is 34.1 Å². The minimum Gasteiger partial charge on any atom is -0.497 e. The van der Waals surface area contributed by atoms with Gasteiger partial charge in [-0.25, -0.2) is 32.0 Å². The van der Waals surface area contributed by atoms with E-state index in [1.165, 1.54) is 50.5 Å². The number of aromatic nitrogens is 2. The first-order valence-electron chi connectivity index (χ1n) is 22.3. The molecule has 0 radical (unpaired) electrons. The van der Waals surface area contributed by atoms with E-state index in [0.717, 1.165) is 37.0 Å². The van der Waals surface area contributed by atoms with Crippen LogP contribution in [0.1, 0.15) is 117 Å². The highest BCUT2D eigenvalue weighted by Crippen LogP contribution is 2.50. The molecule has 4 amide bonds. The van der Waals surface area contributed by atoms with E-state index in [9.17, 15) is 41.5 Å². The van der Waals surface area contributed by atoms with Crippen LogP contribution in [0.4, 0.5) is 13.6 Å². The maximum Gasteiger partial charge on any atom is 0.405 e. The third-order valence-electron chi connectivity index (χ3n) is 14.2. The number of halogens is 2. The van der Waals surface area contributed by atoms with Crippen LogP contribution in [-0.2, 0) is 30.8 Å². The van der Waals surface area contributed by atoms with Crippen LogP contribution in [0.2, 0.25) is 0 Å². The lowest BCUT2D eigenvalue weighted by molar-refractivity contribution is -0.143. The standard InChI is InChI=1S/C44H62F2N6O9S/c1-6-28-34(61-39-32(47-31-20-17-26(60-5)21-33(31)48-39)14-9-7-8-11-24-15-16-25-12-10-13-29(24)25)23-52(40(54)36(43(2,3)4)49-42(56)57)35(28)38(53)50-44(22-30(44)37(45)46)41(55)51-62(58,59)27-18-19-27/h17,20-21,24-25,27-30,34-37,49H,6-16,18-19,22-23H2,1-5H3,(H,50,53)(H,51,55)(H,56,57). The Kier molecular flexibility index (Phi) is 13.3. The van der Waals surface area contributed by atoms with E-state index in [1.54, 1.807) is 39.8 Å². The maximum absolute atomic E-state index is 14.6. The molecule has 4 N–H and O–H groups in total. The van der Waals surface area contributed by atoms with Crippen LogP contribution in [0.5, 0.6) is 11.6 Å². The van der Waals surface area contributed by atoms with Crippen molar-refractivity contribution in [2.75, 3.05) is 13.7 Å². The Morgan fingerprint density at radius 3 is 2.42 bits per heavy atom. The predicted octanol–water partition coefficient (Wildman–Crippen LogP) is 5.98. The first-order chi connectivity index (χ1) is 29.4. The summed E-state index contributed by atoms with van der Waals surface area (Å²) in [5.74, 6) is -2.18. The molecule has 9 unspecified atom stereocenters. The zero-order valence-corrected chi connectivity index (χ0v) is 37.1. The number of alkyl halides is 2. The summed E-state index contributed by atoms with van der Waals surface area (Å²) in [6, 6.07) is 2.54. The van der Waals surface area contributed by atoms with Gasteiger partial charge < -0.3 is 30.1 Å². The van der Waals surface area contributed by atoms with Crippen LogP contribution in [0.15, 0.2) is 18.2 Å². The lowest BCUT2D eigenvalue weighted by Crippen LogP contribution is -2.61. The molecule has 0 spiro atoms. The van der Waals surface area contributed by atoms with E-state index in [2.05, 4.69) is 10.6 Å². The number of ether oxygens (including phenoxy) is 2. The highest BCUT2D eigenvalue weighted by Gasteiger charge is 2.67. The minimum absolute atomic E-state index is 0.198. The van der Waals surface area contributed by atoms with Crippen molar-refractivity contribution in [2.45, 2.75) is 153 Å². The fourth-order valence-corrected chi connectivity index (χ4v) is 11.9. The number of rotatable bonds is 18. The summed E-state index contributed by atoms with van der Waals surface area (Å²) >= 11 is 0. The summed E-state index contributed by atoms with van der Waals surface area (Å²) in [7, 11) is -2.63. The van der Waals surface area contributed by atoms with Gasteiger partial charge in [-0.3, -0.25) is 19.1 Å². The number of hydrogen-bond donors (Lipinski definition) is 4. The van der Waals surface area contributed by atoms with Gasteiger partial charge in [-0.15, -0.1) is 0 Å². The summed E-state index contributed by atoms with van der Waals surface area (Å²) in [4.78, 5) is 65.8. The van der Waals surface area contributed by atoms with Gasteiger partial charge in [0.25, 0.3) is 5.91 Å². The molecule has 1 aromatic heterocycles. The summed E-state index contributed by atoms with van der Waals surface area (Å²) in [6.45, 7) is 6.51. The third-order valence-corrected chi connectivity index (χ3v) is 16.0. The Morgan fingerprint density at radius 1 is 1.02 bits per heavy atom. The fraction of sp³-hybridized carbons (Fsp3) is 0.727. The summed E-state index contributed by atoms with van der Waals surface area (Å²) in [6.07, 6.45) is 6.28. The molecule has 18 heteroatoms. The fourth-order valence-electron chi connectivity index (χ4n) is 10.5. The lowest BCUT2D eigenvalue weighted by atomic mass is 9.85. The molecule has 2 heterocycles. The molecule has 9 atom stereocenters. The van der Waals surface area contributed by atoms with E-state index in [-0.39, 0.29) is 18.8 Å². The number of carbonyl (C=O) groups excluding carboxylic acids is 3. The van der Waals surface area contributed by atoms with Crippen molar-refractivity contribution >= 4 is 44.9 Å². The molecule has 5 fully saturated rings. The number of unbranched alkanes of at least 4 members (excludes halogenated alkanes) is 2. The first-order valence-corrected chi connectivity index (χ1v) is 23.9. The molecule has 5 aliphatic rings. The molecule has 1 aliphatic heterocycles. The Morgan fingerprint density at radius 2 is 1.77 bits per heavy atom. The highest BCUT2D eigenvalue weighted by atomic mass is 32.2. The van der Waals surface area contributed by atoms with Crippen molar-refractivity contribution in [3.05, 3.63) is 23.9 Å². The summed E-state index contributed by atoms with van der Waals surface area (Å²) in [5, 5.41) is 13.7. The molecular weight excluding hydrogens is 827 g/mol. The van der Waals surface area contributed by atoms with Gasteiger partial charge in [0.15, 0.2) is 0 Å². The third kappa shape index (κ3) is 9.59. The van der Waals surface area contributed by atoms with Crippen molar-refractivity contribution < 1.29 is 51.0 Å². The highest BCUT2D eigenvalue weighted by molar-refractivity contribution is 7.91. The van der Waals surface area contributed by atoms with Crippen LogP contribution >= 0.6 is 0 Å². The molecule has 4 saturated carbocycles. The van der Waals surface area contributed by atoms with Crippen molar-refractivity contribution in [2.24, 2.45) is 35.0 Å². The van der Waals surface area contributed by atoms with Crippen molar-refractivity contribution in [1.82, 2.24) is 30.2 Å². The number of sulfonamides is 1. The van der Waals surface area contributed by atoms with E-state index < -0.39 is 92.9 Å². The van der Waals surface area contributed by atoms with Crippen molar-refractivity contribution in [1.29, 1.82) is 0 Å².